The Balaban J connectivity index is 2.33. The molecule has 0 unspecified atom stereocenters. The lowest BCUT2D eigenvalue weighted by Crippen LogP contribution is -2.15. The molecule has 102 valence electrons. The van der Waals surface area contributed by atoms with E-state index in [1.54, 1.807) is 4.57 Å². The van der Waals surface area contributed by atoms with Crippen LogP contribution in [0.3, 0.4) is 0 Å². The molecule has 10 heteroatoms. The molecule has 2 heterocycles. The van der Waals surface area contributed by atoms with E-state index in [9.17, 15) is 8.42 Å². The molecular formula is C9H9Cl2N5O2S. The fourth-order valence-corrected chi connectivity index (χ4v) is 2.56. The first-order valence-corrected chi connectivity index (χ1v) is 7.38. The molecule has 0 atom stereocenters. The Hall–Kier alpha value is -1.38. The van der Waals surface area contributed by atoms with Crippen LogP contribution in [0.2, 0.25) is 10.2 Å². The Kier molecular flexibility index (Phi) is 3.93. The lowest BCUT2D eigenvalue weighted by Gasteiger charge is -2.06. The van der Waals surface area contributed by atoms with Crippen molar-refractivity contribution in [1.29, 1.82) is 0 Å². The molecule has 0 aromatic carbocycles. The van der Waals surface area contributed by atoms with Crippen molar-refractivity contribution in [2.75, 3.05) is 4.72 Å². The van der Waals surface area contributed by atoms with Crippen molar-refractivity contribution in [3.8, 4) is 0 Å². The van der Waals surface area contributed by atoms with Crippen molar-refractivity contribution < 1.29 is 8.42 Å². The fourth-order valence-electron chi connectivity index (χ4n) is 1.25. The first kappa shape index (κ1) is 14.0. The normalized spacial score (nSPS) is 11.5. The van der Waals surface area contributed by atoms with Crippen LogP contribution in [0.15, 0.2) is 23.9 Å². The number of rotatable bonds is 4. The van der Waals surface area contributed by atoms with Gasteiger partial charge < -0.3 is 4.57 Å². The molecule has 0 spiro atoms. The molecule has 2 rings (SSSR count). The van der Waals surface area contributed by atoms with Gasteiger partial charge in [0.2, 0.25) is 0 Å². The molecule has 7 nitrogen and oxygen atoms in total. The first-order chi connectivity index (χ1) is 8.94. The quantitative estimate of drug-likeness (QED) is 0.867. The summed E-state index contributed by atoms with van der Waals surface area (Å²) >= 11 is 11.5. The van der Waals surface area contributed by atoms with Crippen molar-refractivity contribution >= 4 is 39.0 Å². The van der Waals surface area contributed by atoms with Gasteiger partial charge in [-0.25, -0.2) is 15.0 Å². The third-order valence-electron chi connectivity index (χ3n) is 2.23. The molecule has 1 N–H and O–H groups in total. The molecule has 0 radical (unpaired) electrons. The molecule has 0 aliphatic carbocycles. The van der Waals surface area contributed by atoms with Crippen LogP contribution in [0.1, 0.15) is 6.92 Å². The van der Waals surface area contributed by atoms with Gasteiger partial charge in [0.05, 0.1) is 6.33 Å². The van der Waals surface area contributed by atoms with Crippen LogP contribution in [0.25, 0.3) is 0 Å². The van der Waals surface area contributed by atoms with Gasteiger partial charge in [-0.15, -0.1) is 0 Å². The van der Waals surface area contributed by atoms with Gasteiger partial charge in [-0.05, 0) is 6.92 Å². The number of sulfonamides is 1. The maximum atomic E-state index is 12.0. The van der Waals surface area contributed by atoms with Crippen LogP contribution in [0, 0.1) is 0 Å². The number of aryl methyl sites for hydroxylation is 1. The maximum Gasteiger partial charge on any atom is 0.282 e. The van der Waals surface area contributed by atoms with Gasteiger partial charge in [0.1, 0.15) is 11.3 Å². The summed E-state index contributed by atoms with van der Waals surface area (Å²) in [7, 11) is -3.86. The van der Waals surface area contributed by atoms with Gasteiger partial charge in [0.15, 0.2) is 16.0 Å². The van der Waals surface area contributed by atoms with E-state index in [0.717, 1.165) is 6.33 Å². The van der Waals surface area contributed by atoms with Crippen LogP contribution in [0.4, 0.5) is 5.82 Å². The number of anilines is 1. The maximum absolute atomic E-state index is 12.0. The predicted octanol–water partition coefficient (Wildman–Crippen LogP) is 1.80. The highest BCUT2D eigenvalue weighted by molar-refractivity contribution is 7.92. The zero-order chi connectivity index (χ0) is 14.0. The second-order valence-corrected chi connectivity index (χ2v) is 5.84. The molecule has 0 bridgehead atoms. The van der Waals surface area contributed by atoms with E-state index in [1.165, 1.54) is 12.5 Å². The third-order valence-corrected chi connectivity index (χ3v) is 4.19. The van der Waals surface area contributed by atoms with E-state index in [0.29, 0.717) is 6.54 Å². The Morgan fingerprint density at radius 1 is 1.32 bits per heavy atom. The van der Waals surface area contributed by atoms with Crippen LogP contribution in [0.5, 0.6) is 0 Å². The fraction of sp³-hybridized carbons (Fsp3) is 0.222. The summed E-state index contributed by atoms with van der Waals surface area (Å²) in [6.07, 6.45) is 3.93. The molecule has 2 aromatic rings. The Morgan fingerprint density at radius 2 is 2.05 bits per heavy atom. The van der Waals surface area contributed by atoms with Crippen LogP contribution in [-0.4, -0.2) is 27.9 Å². The number of hydrogen-bond acceptors (Lipinski definition) is 5. The molecular weight excluding hydrogens is 313 g/mol. The second-order valence-electron chi connectivity index (χ2n) is 3.47. The molecule has 0 aliphatic rings. The van der Waals surface area contributed by atoms with Crippen molar-refractivity contribution in [3.63, 3.8) is 0 Å². The van der Waals surface area contributed by atoms with E-state index >= 15 is 0 Å². The van der Waals surface area contributed by atoms with E-state index in [1.807, 2.05) is 6.92 Å². The summed E-state index contributed by atoms with van der Waals surface area (Å²) in [6.45, 7) is 2.48. The molecule has 0 amide bonds. The van der Waals surface area contributed by atoms with Gasteiger partial charge in [0, 0.05) is 12.7 Å². The van der Waals surface area contributed by atoms with Crippen molar-refractivity contribution in [3.05, 3.63) is 29.0 Å². The second kappa shape index (κ2) is 5.32. The van der Waals surface area contributed by atoms with E-state index < -0.39 is 10.0 Å². The minimum Gasteiger partial charge on any atom is -0.336 e. The number of aromatic nitrogens is 4. The number of nitrogens with one attached hydrogen (secondary N) is 1. The number of nitrogens with zero attached hydrogens (tertiary/aromatic N) is 4. The molecule has 0 fully saturated rings. The van der Waals surface area contributed by atoms with Crippen molar-refractivity contribution in [2.24, 2.45) is 0 Å². The highest BCUT2D eigenvalue weighted by Crippen LogP contribution is 2.26. The zero-order valence-corrected chi connectivity index (χ0v) is 12.0. The lowest BCUT2D eigenvalue weighted by atomic mass is 10.6. The summed E-state index contributed by atoms with van der Waals surface area (Å²) < 4.78 is 27.9. The van der Waals surface area contributed by atoms with E-state index in [2.05, 4.69) is 19.7 Å². The molecule has 0 saturated carbocycles. The minimum atomic E-state index is -3.86. The van der Waals surface area contributed by atoms with E-state index in [4.69, 9.17) is 23.2 Å². The summed E-state index contributed by atoms with van der Waals surface area (Å²) in [5, 5.41) is -0.226. The minimum absolute atomic E-state index is 0.0338. The Bertz CT molecular complexity index is 700. The SMILES string of the molecule is CCn1cnc(S(=O)(=O)Nc2ncnc(Cl)c2Cl)c1. The van der Waals surface area contributed by atoms with Crippen molar-refractivity contribution in [2.45, 2.75) is 18.5 Å². The lowest BCUT2D eigenvalue weighted by molar-refractivity contribution is 0.597. The van der Waals surface area contributed by atoms with Crippen LogP contribution >= 0.6 is 23.2 Å². The van der Waals surface area contributed by atoms with E-state index in [-0.39, 0.29) is 21.0 Å². The summed E-state index contributed by atoms with van der Waals surface area (Å²) in [6, 6.07) is 0. The van der Waals surface area contributed by atoms with Gasteiger partial charge in [-0.3, -0.25) is 4.72 Å². The monoisotopic (exact) mass is 321 g/mol. The molecule has 2 aromatic heterocycles. The van der Waals surface area contributed by atoms with Crippen LogP contribution < -0.4 is 4.72 Å². The largest absolute Gasteiger partial charge is 0.336 e. The average Bonchev–Trinajstić information content (AvgIpc) is 2.84. The first-order valence-electron chi connectivity index (χ1n) is 5.14. The summed E-state index contributed by atoms with van der Waals surface area (Å²) in [4.78, 5) is 11.2. The zero-order valence-electron chi connectivity index (χ0n) is 9.71. The van der Waals surface area contributed by atoms with Gasteiger partial charge in [-0.1, -0.05) is 23.2 Å². The predicted molar refractivity (Wildman–Crippen MR) is 70.8 cm³/mol. The molecule has 0 aliphatic heterocycles. The molecule has 19 heavy (non-hydrogen) atoms. The van der Waals surface area contributed by atoms with Gasteiger partial charge in [-0.2, -0.15) is 8.42 Å². The number of imidazole rings is 1. The topological polar surface area (TPSA) is 89.8 Å². The van der Waals surface area contributed by atoms with Gasteiger partial charge >= 0.3 is 0 Å². The average molecular weight is 322 g/mol. The number of hydrogen-bond donors (Lipinski definition) is 1. The molecule has 0 saturated heterocycles. The number of halogens is 2. The summed E-state index contributed by atoms with van der Waals surface area (Å²) in [5.74, 6) is -0.0901. The van der Waals surface area contributed by atoms with Crippen LogP contribution in [-0.2, 0) is 16.6 Å². The Morgan fingerprint density at radius 3 is 2.68 bits per heavy atom. The van der Waals surface area contributed by atoms with Crippen molar-refractivity contribution in [1.82, 2.24) is 19.5 Å². The standard InChI is InChI=1S/C9H9Cl2N5O2S/c1-2-16-3-6(14-5-16)19(17,18)15-9-7(10)8(11)12-4-13-9/h3-5H,2H2,1H3,(H,12,13,15). The van der Waals surface area contributed by atoms with Gasteiger partial charge in [0.25, 0.3) is 10.0 Å². The Labute approximate surface area is 119 Å². The third kappa shape index (κ3) is 2.96. The summed E-state index contributed by atoms with van der Waals surface area (Å²) in [5.41, 5.74) is 0. The highest BCUT2D eigenvalue weighted by atomic mass is 35.5. The highest BCUT2D eigenvalue weighted by Gasteiger charge is 2.20. The smallest absolute Gasteiger partial charge is 0.282 e.